The van der Waals surface area contributed by atoms with Gasteiger partial charge in [0.15, 0.2) is 0 Å². The Hall–Kier alpha value is -1.59. The van der Waals surface area contributed by atoms with Gasteiger partial charge in [0.1, 0.15) is 0 Å². The molecular formula is C14H24N2O4. The van der Waals surface area contributed by atoms with Crippen LogP contribution in [-0.2, 0) is 14.4 Å². The summed E-state index contributed by atoms with van der Waals surface area (Å²) in [5.74, 6) is -1.89. The Balaban J connectivity index is 2.48. The summed E-state index contributed by atoms with van der Waals surface area (Å²) in [5.41, 5.74) is -0.331. The zero-order chi connectivity index (χ0) is 15.5. The van der Waals surface area contributed by atoms with Crippen molar-refractivity contribution >= 4 is 17.8 Å². The molecule has 0 heterocycles. The van der Waals surface area contributed by atoms with Crippen molar-refractivity contribution in [2.45, 2.75) is 45.6 Å². The second kappa shape index (κ2) is 6.24. The fraction of sp³-hybridized carbons (Fsp3) is 0.786. The van der Waals surface area contributed by atoms with Gasteiger partial charge in [0.2, 0.25) is 11.8 Å². The molecule has 0 bridgehead atoms. The summed E-state index contributed by atoms with van der Waals surface area (Å²) in [6.07, 6.45) is 1.49. The van der Waals surface area contributed by atoms with Crippen LogP contribution in [0.3, 0.4) is 0 Å². The van der Waals surface area contributed by atoms with Gasteiger partial charge < -0.3 is 15.3 Å². The topological polar surface area (TPSA) is 86.7 Å². The van der Waals surface area contributed by atoms with Crippen LogP contribution in [0.1, 0.15) is 40.0 Å². The van der Waals surface area contributed by atoms with E-state index in [1.165, 1.54) is 4.90 Å². The highest BCUT2D eigenvalue weighted by Crippen LogP contribution is 2.32. The Morgan fingerprint density at radius 1 is 1.20 bits per heavy atom. The van der Waals surface area contributed by atoms with Crippen LogP contribution >= 0.6 is 0 Å². The Bertz CT molecular complexity index is 400. The quantitative estimate of drug-likeness (QED) is 0.801. The van der Waals surface area contributed by atoms with Gasteiger partial charge in [0.05, 0.1) is 12.5 Å². The van der Waals surface area contributed by atoms with E-state index in [1.807, 2.05) is 20.8 Å². The maximum Gasteiger partial charge on any atom is 0.306 e. The molecule has 20 heavy (non-hydrogen) atoms. The molecule has 1 saturated carbocycles. The first-order valence-corrected chi connectivity index (χ1v) is 6.89. The third-order valence-corrected chi connectivity index (χ3v) is 3.40. The fourth-order valence-electron chi connectivity index (χ4n) is 2.49. The van der Waals surface area contributed by atoms with E-state index in [-0.39, 0.29) is 29.8 Å². The molecule has 0 aromatic rings. The lowest BCUT2D eigenvalue weighted by Gasteiger charge is -2.24. The number of amides is 2. The lowest BCUT2D eigenvalue weighted by Crippen LogP contribution is -2.47. The summed E-state index contributed by atoms with van der Waals surface area (Å²) in [6, 6.07) is 0. The number of aliphatic carboxylic acids is 1. The van der Waals surface area contributed by atoms with E-state index in [0.29, 0.717) is 19.3 Å². The number of carbonyl (C=O) groups is 3. The van der Waals surface area contributed by atoms with Crippen LogP contribution in [0.4, 0.5) is 0 Å². The van der Waals surface area contributed by atoms with Crippen LogP contribution in [0.15, 0.2) is 0 Å². The first-order valence-electron chi connectivity index (χ1n) is 6.89. The Labute approximate surface area is 119 Å². The number of carbonyl (C=O) groups excluding carboxylic acids is 2. The molecule has 1 fully saturated rings. The fourth-order valence-corrected chi connectivity index (χ4v) is 2.49. The third-order valence-electron chi connectivity index (χ3n) is 3.40. The van der Waals surface area contributed by atoms with Crippen LogP contribution in [0.25, 0.3) is 0 Å². The maximum atomic E-state index is 12.2. The highest BCUT2D eigenvalue weighted by Gasteiger charge is 2.35. The van der Waals surface area contributed by atoms with Crippen LogP contribution < -0.4 is 5.32 Å². The van der Waals surface area contributed by atoms with E-state index in [4.69, 9.17) is 5.11 Å². The van der Waals surface area contributed by atoms with Gasteiger partial charge in [-0.1, -0.05) is 0 Å². The van der Waals surface area contributed by atoms with Crippen LogP contribution in [-0.4, -0.2) is 46.9 Å². The summed E-state index contributed by atoms with van der Waals surface area (Å²) in [4.78, 5) is 36.2. The smallest absolute Gasteiger partial charge is 0.306 e. The van der Waals surface area contributed by atoms with E-state index in [2.05, 4.69) is 5.32 Å². The first kappa shape index (κ1) is 16.5. The Morgan fingerprint density at radius 3 is 2.20 bits per heavy atom. The lowest BCUT2D eigenvalue weighted by atomic mass is 10.0. The van der Waals surface area contributed by atoms with Crippen molar-refractivity contribution in [1.29, 1.82) is 0 Å². The van der Waals surface area contributed by atoms with Crippen molar-refractivity contribution in [3.8, 4) is 0 Å². The van der Waals surface area contributed by atoms with Gasteiger partial charge in [-0.15, -0.1) is 0 Å². The van der Waals surface area contributed by atoms with Crippen molar-refractivity contribution < 1.29 is 19.5 Å². The standard InChI is InChI=1S/C14H24N2O4/c1-14(2,3)15-11(17)8-16(4)12(18)9-5-6-10(7-9)13(19)20/h9-10H,5-8H2,1-4H3,(H,15,17)(H,19,20). The monoisotopic (exact) mass is 284 g/mol. The molecule has 2 N–H and O–H groups in total. The average molecular weight is 284 g/mol. The molecule has 0 radical (unpaired) electrons. The molecule has 2 amide bonds. The number of nitrogens with zero attached hydrogens (tertiary/aromatic N) is 1. The molecule has 0 aromatic heterocycles. The lowest BCUT2D eigenvalue weighted by molar-refractivity contribution is -0.142. The molecule has 6 nitrogen and oxygen atoms in total. The molecule has 0 saturated heterocycles. The van der Waals surface area contributed by atoms with E-state index < -0.39 is 11.9 Å². The van der Waals surface area contributed by atoms with E-state index >= 15 is 0 Å². The van der Waals surface area contributed by atoms with Crippen molar-refractivity contribution in [1.82, 2.24) is 10.2 Å². The predicted molar refractivity (Wildman–Crippen MR) is 74.0 cm³/mol. The van der Waals surface area contributed by atoms with Gasteiger partial charge in [-0.2, -0.15) is 0 Å². The van der Waals surface area contributed by atoms with Crippen LogP contribution in [0.2, 0.25) is 0 Å². The Kier molecular flexibility index (Phi) is 5.14. The molecule has 0 spiro atoms. The molecule has 1 rings (SSSR count). The number of hydrogen-bond acceptors (Lipinski definition) is 3. The molecule has 2 unspecified atom stereocenters. The zero-order valence-electron chi connectivity index (χ0n) is 12.6. The molecular weight excluding hydrogens is 260 g/mol. The first-order chi connectivity index (χ1) is 9.10. The minimum atomic E-state index is -0.839. The molecule has 1 aliphatic carbocycles. The van der Waals surface area contributed by atoms with Crippen molar-refractivity contribution in [2.75, 3.05) is 13.6 Å². The second-order valence-corrected chi connectivity index (χ2v) is 6.54. The molecule has 114 valence electrons. The van der Waals surface area contributed by atoms with Gasteiger partial charge in [-0.25, -0.2) is 0 Å². The summed E-state index contributed by atoms with van der Waals surface area (Å²) in [6.45, 7) is 5.63. The average Bonchev–Trinajstić information content (AvgIpc) is 2.74. The molecule has 2 atom stereocenters. The minimum absolute atomic E-state index is 0.00431. The molecule has 6 heteroatoms. The van der Waals surface area contributed by atoms with Gasteiger partial charge in [-0.3, -0.25) is 14.4 Å². The molecule has 0 aliphatic heterocycles. The highest BCUT2D eigenvalue weighted by atomic mass is 16.4. The van der Waals surface area contributed by atoms with E-state index in [0.717, 1.165) is 0 Å². The zero-order valence-corrected chi connectivity index (χ0v) is 12.6. The summed E-state index contributed by atoms with van der Waals surface area (Å²) in [5, 5.41) is 11.7. The summed E-state index contributed by atoms with van der Waals surface area (Å²) in [7, 11) is 1.58. The predicted octanol–water partition coefficient (Wildman–Crippen LogP) is 0.860. The third kappa shape index (κ3) is 4.83. The SMILES string of the molecule is CN(CC(=O)NC(C)(C)C)C(=O)C1CCC(C(=O)O)C1. The number of rotatable bonds is 4. The van der Waals surface area contributed by atoms with E-state index in [9.17, 15) is 14.4 Å². The van der Waals surface area contributed by atoms with Crippen molar-refractivity contribution in [2.24, 2.45) is 11.8 Å². The van der Waals surface area contributed by atoms with E-state index in [1.54, 1.807) is 7.05 Å². The second-order valence-electron chi connectivity index (χ2n) is 6.54. The summed E-state index contributed by atoms with van der Waals surface area (Å²) >= 11 is 0. The highest BCUT2D eigenvalue weighted by molar-refractivity contribution is 5.86. The maximum absolute atomic E-state index is 12.2. The summed E-state index contributed by atoms with van der Waals surface area (Å²) < 4.78 is 0. The minimum Gasteiger partial charge on any atom is -0.481 e. The number of hydrogen-bond donors (Lipinski definition) is 2. The van der Waals surface area contributed by atoms with Crippen LogP contribution in [0, 0.1) is 11.8 Å². The molecule has 0 aromatic carbocycles. The van der Waals surface area contributed by atoms with Crippen molar-refractivity contribution in [3.05, 3.63) is 0 Å². The number of carboxylic acid groups (broad SMARTS) is 1. The normalized spacial score (nSPS) is 22.4. The number of likely N-dealkylation sites (N-methyl/N-ethyl adjacent to an activating group) is 1. The van der Waals surface area contributed by atoms with Gasteiger partial charge >= 0.3 is 5.97 Å². The van der Waals surface area contributed by atoms with Crippen LogP contribution in [0.5, 0.6) is 0 Å². The van der Waals surface area contributed by atoms with Gasteiger partial charge in [0, 0.05) is 18.5 Å². The number of nitrogens with one attached hydrogen (secondary N) is 1. The van der Waals surface area contributed by atoms with Gasteiger partial charge in [0.25, 0.3) is 0 Å². The van der Waals surface area contributed by atoms with Crippen molar-refractivity contribution in [3.63, 3.8) is 0 Å². The molecule has 1 aliphatic rings. The number of carboxylic acids is 1. The van der Waals surface area contributed by atoms with Gasteiger partial charge in [-0.05, 0) is 40.0 Å². The largest absolute Gasteiger partial charge is 0.481 e. The Morgan fingerprint density at radius 2 is 1.75 bits per heavy atom.